The zero-order valence-corrected chi connectivity index (χ0v) is 12.3. The molecule has 0 fully saturated rings. The second-order valence-electron chi connectivity index (χ2n) is 4.44. The van der Waals surface area contributed by atoms with Gasteiger partial charge in [-0.3, -0.25) is 15.0 Å². The fourth-order valence-electron chi connectivity index (χ4n) is 2.14. The van der Waals surface area contributed by atoms with E-state index in [0.29, 0.717) is 0 Å². The first-order valence-corrected chi connectivity index (χ1v) is 8.01. The zero-order valence-electron chi connectivity index (χ0n) is 10.7. The molecule has 1 aliphatic rings. The summed E-state index contributed by atoms with van der Waals surface area (Å²) in [7, 11) is 0. The summed E-state index contributed by atoms with van der Waals surface area (Å²) in [4.78, 5) is 20.9. The van der Waals surface area contributed by atoms with Crippen LogP contribution in [0.5, 0.6) is 0 Å². The molecule has 2 aromatic heterocycles. The van der Waals surface area contributed by atoms with Crippen molar-refractivity contribution in [3.8, 4) is 0 Å². The van der Waals surface area contributed by atoms with E-state index in [1.54, 1.807) is 11.3 Å². The molecule has 0 unspecified atom stereocenters. The smallest absolute Gasteiger partial charge is 0.267 e. The van der Waals surface area contributed by atoms with Crippen molar-refractivity contribution in [2.45, 2.75) is 19.9 Å². The van der Waals surface area contributed by atoms with Gasteiger partial charge in [0.25, 0.3) is 5.91 Å². The molecule has 0 aliphatic carbocycles. The minimum Gasteiger partial charge on any atom is -0.298 e. The van der Waals surface area contributed by atoms with E-state index in [2.05, 4.69) is 22.1 Å². The van der Waals surface area contributed by atoms with Crippen LogP contribution in [0.1, 0.15) is 27.2 Å². The van der Waals surface area contributed by atoms with E-state index in [-0.39, 0.29) is 5.91 Å². The maximum atomic E-state index is 12.0. The normalized spacial score (nSPS) is 15.2. The third-order valence-corrected chi connectivity index (χ3v) is 5.09. The van der Waals surface area contributed by atoms with Crippen LogP contribution in [-0.2, 0) is 13.0 Å². The van der Waals surface area contributed by atoms with E-state index in [0.717, 1.165) is 41.8 Å². The number of hydrogen-bond donors (Lipinski definition) is 1. The van der Waals surface area contributed by atoms with E-state index in [9.17, 15) is 4.79 Å². The Balaban J connectivity index is 1.73. The van der Waals surface area contributed by atoms with Gasteiger partial charge in [0.1, 0.15) is 0 Å². The summed E-state index contributed by atoms with van der Waals surface area (Å²) in [6, 6.07) is 3.71. The summed E-state index contributed by atoms with van der Waals surface area (Å²) in [5, 5.41) is 5.52. The number of aromatic nitrogens is 1. The average Bonchev–Trinajstić information content (AvgIpc) is 3.06. The highest BCUT2D eigenvalue weighted by Gasteiger charge is 2.20. The van der Waals surface area contributed by atoms with Crippen molar-refractivity contribution in [2.75, 3.05) is 18.4 Å². The lowest BCUT2D eigenvalue weighted by molar-refractivity contribution is 0.103. The van der Waals surface area contributed by atoms with Crippen molar-refractivity contribution >= 4 is 33.7 Å². The van der Waals surface area contributed by atoms with Gasteiger partial charge in [-0.25, -0.2) is 4.98 Å². The number of nitrogens with zero attached hydrogens (tertiary/aromatic N) is 2. The molecule has 0 aromatic carbocycles. The molecule has 3 rings (SSSR count). The summed E-state index contributed by atoms with van der Waals surface area (Å²) in [6.07, 6.45) is 0.981. The van der Waals surface area contributed by atoms with Crippen molar-refractivity contribution in [2.24, 2.45) is 0 Å². The fraction of sp³-hybridized carbons (Fsp3) is 0.385. The second kappa shape index (κ2) is 5.40. The van der Waals surface area contributed by atoms with Gasteiger partial charge in [0.2, 0.25) is 0 Å². The third-order valence-electron chi connectivity index (χ3n) is 3.22. The van der Waals surface area contributed by atoms with Crippen molar-refractivity contribution in [1.29, 1.82) is 0 Å². The molecule has 0 spiro atoms. The lowest BCUT2D eigenvalue weighted by Crippen LogP contribution is -2.29. The lowest BCUT2D eigenvalue weighted by Gasteiger charge is -2.23. The molecule has 6 heteroatoms. The molecule has 0 bridgehead atoms. The maximum Gasteiger partial charge on any atom is 0.267 e. The van der Waals surface area contributed by atoms with Gasteiger partial charge >= 0.3 is 0 Å². The molecule has 1 aliphatic heterocycles. The van der Waals surface area contributed by atoms with Crippen LogP contribution >= 0.6 is 22.7 Å². The molecule has 3 heterocycles. The number of rotatable bonds is 3. The van der Waals surface area contributed by atoms with Gasteiger partial charge in [-0.2, -0.15) is 0 Å². The van der Waals surface area contributed by atoms with Crippen LogP contribution in [-0.4, -0.2) is 28.9 Å². The summed E-state index contributed by atoms with van der Waals surface area (Å²) >= 11 is 3.05. The zero-order chi connectivity index (χ0) is 13.2. The molecule has 0 saturated heterocycles. The molecule has 100 valence electrons. The monoisotopic (exact) mass is 293 g/mol. The van der Waals surface area contributed by atoms with Crippen LogP contribution in [0.4, 0.5) is 5.13 Å². The first-order valence-electron chi connectivity index (χ1n) is 6.32. The van der Waals surface area contributed by atoms with Gasteiger partial charge in [0, 0.05) is 24.4 Å². The number of anilines is 1. The van der Waals surface area contributed by atoms with Crippen LogP contribution in [0, 0.1) is 0 Å². The minimum atomic E-state index is -0.0616. The summed E-state index contributed by atoms with van der Waals surface area (Å²) < 4.78 is 0. The number of thiazole rings is 1. The Labute approximate surface area is 120 Å². The SMILES string of the molecule is CCN1CCc2nc(NC(=O)c3cccs3)sc2C1. The van der Waals surface area contributed by atoms with Gasteiger partial charge in [-0.05, 0) is 18.0 Å². The van der Waals surface area contributed by atoms with Gasteiger partial charge in [-0.1, -0.05) is 13.0 Å². The van der Waals surface area contributed by atoms with Crippen LogP contribution in [0.15, 0.2) is 17.5 Å². The van der Waals surface area contributed by atoms with Crippen molar-refractivity contribution < 1.29 is 4.79 Å². The number of carbonyl (C=O) groups is 1. The van der Waals surface area contributed by atoms with E-state index in [1.165, 1.54) is 16.2 Å². The number of hydrogen-bond acceptors (Lipinski definition) is 5. The molecule has 0 radical (unpaired) electrons. The van der Waals surface area contributed by atoms with Crippen LogP contribution in [0.2, 0.25) is 0 Å². The summed E-state index contributed by atoms with van der Waals surface area (Å²) in [5.74, 6) is -0.0616. The molecular formula is C13H15N3OS2. The first-order chi connectivity index (χ1) is 9.26. The topological polar surface area (TPSA) is 45.2 Å². The predicted molar refractivity (Wildman–Crippen MR) is 79.0 cm³/mol. The Morgan fingerprint density at radius 2 is 2.47 bits per heavy atom. The molecule has 0 saturated carbocycles. The number of carbonyl (C=O) groups excluding carboxylic acids is 1. The Morgan fingerprint density at radius 1 is 1.58 bits per heavy atom. The number of thiophene rings is 1. The van der Waals surface area contributed by atoms with Gasteiger partial charge in [0.15, 0.2) is 5.13 Å². The van der Waals surface area contributed by atoms with E-state index >= 15 is 0 Å². The Morgan fingerprint density at radius 3 is 3.21 bits per heavy atom. The molecule has 1 amide bonds. The molecule has 2 aromatic rings. The van der Waals surface area contributed by atoms with E-state index in [1.807, 2.05) is 17.5 Å². The molecular weight excluding hydrogens is 278 g/mol. The molecule has 1 N–H and O–H groups in total. The van der Waals surface area contributed by atoms with E-state index < -0.39 is 0 Å². The molecule has 0 atom stereocenters. The highest BCUT2D eigenvalue weighted by molar-refractivity contribution is 7.16. The van der Waals surface area contributed by atoms with Gasteiger partial charge in [-0.15, -0.1) is 22.7 Å². The van der Waals surface area contributed by atoms with Crippen molar-refractivity contribution in [3.63, 3.8) is 0 Å². The maximum absolute atomic E-state index is 12.0. The highest BCUT2D eigenvalue weighted by atomic mass is 32.1. The Bertz CT molecular complexity index is 577. The van der Waals surface area contributed by atoms with Crippen LogP contribution in [0.3, 0.4) is 0 Å². The number of likely N-dealkylation sites (N-methyl/N-ethyl adjacent to an activating group) is 1. The molecule has 4 nitrogen and oxygen atoms in total. The largest absolute Gasteiger partial charge is 0.298 e. The minimum absolute atomic E-state index is 0.0616. The molecule has 19 heavy (non-hydrogen) atoms. The number of fused-ring (bicyclic) bond motifs is 1. The average molecular weight is 293 g/mol. The van der Waals surface area contributed by atoms with E-state index in [4.69, 9.17) is 0 Å². The Hall–Kier alpha value is -1.24. The predicted octanol–water partition coefficient (Wildman–Crippen LogP) is 2.83. The van der Waals surface area contributed by atoms with Crippen LogP contribution < -0.4 is 5.32 Å². The fourth-order valence-corrected chi connectivity index (χ4v) is 3.80. The van der Waals surface area contributed by atoms with Crippen molar-refractivity contribution in [3.05, 3.63) is 33.0 Å². The highest BCUT2D eigenvalue weighted by Crippen LogP contribution is 2.28. The van der Waals surface area contributed by atoms with Crippen LogP contribution in [0.25, 0.3) is 0 Å². The number of amides is 1. The second-order valence-corrected chi connectivity index (χ2v) is 6.47. The summed E-state index contributed by atoms with van der Waals surface area (Å²) in [5.41, 5.74) is 1.15. The summed E-state index contributed by atoms with van der Waals surface area (Å²) in [6.45, 7) is 5.25. The lowest BCUT2D eigenvalue weighted by atomic mass is 10.2. The Kier molecular flexibility index (Phi) is 3.63. The first kappa shape index (κ1) is 12.8. The third kappa shape index (κ3) is 2.70. The van der Waals surface area contributed by atoms with Gasteiger partial charge < -0.3 is 0 Å². The quantitative estimate of drug-likeness (QED) is 0.946. The standard InChI is InChI=1S/C13H15N3OS2/c1-2-16-6-5-9-11(8-16)19-13(14-9)15-12(17)10-4-3-7-18-10/h3-4,7H,2,5-6,8H2,1H3,(H,14,15,17). The van der Waals surface area contributed by atoms with Crippen molar-refractivity contribution in [1.82, 2.24) is 9.88 Å². The number of nitrogens with one attached hydrogen (secondary N) is 1. The van der Waals surface area contributed by atoms with Gasteiger partial charge in [0.05, 0.1) is 10.6 Å².